The van der Waals surface area contributed by atoms with Gasteiger partial charge in [-0.1, -0.05) is 6.92 Å². The minimum Gasteiger partial charge on any atom is -0.381 e. The molecule has 0 spiro atoms. The van der Waals surface area contributed by atoms with Gasteiger partial charge in [-0.3, -0.25) is 4.79 Å². The number of hydrogen-bond acceptors (Lipinski definition) is 3. The summed E-state index contributed by atoms with van der Waals surface area (Å²) in [6, 6.07) is 0.478. The van der Waals surface area contributed by atoms with E-state index in [0.29, 0.717) is 30.9 Å². The molecule has 2 saturated heterocycles. The topological polar surface area (TPSA) is 41.6 Å². The molecule has 0 aliphatic carbocycles. The van der Waals surface area contributed by atoms with Crippen molar-refractivity contribution in [3.05, 3.63) is 0 Å². The van der Waals surface area contributed by atoms with Gasteiger partial charge in [0.1, 0.15) is 0 Å². The van der Waals surface area contributed by atoms with Crippen molar-refractivity contribution in [1.82, 2.24) is 10.2 Å². The smallest absolute Gasteiger partial charge is 0.225 e. The summed E-state index contributed by atoms with van der Waals surface area (Å²) in [4.78, 5) is 14.4. The lowest BCUT2D eigenvalue weighted by Crippen LogP contribution is -2.45. The predicted molar refractivity (Wildman–Crippen MR) is 76.1 cm³/mol. The summed E-state index contributed by atoms with van der Waals surface area (Å²) in [6.45, 7) is 6.62. The highest BCUT2D eigenvalue weighted by molar-refractivity contribution is 5.77. The Kier molecular flexibility index (Phi) is 6.11. The standard InChI is InChI=1S/C15H28N2O2/c1-2-10-19-11-7-15(18)17-9-4-6-14(17)13-5-3-8-16-12-13/h13-14,16H,2-12H2,1H3. The molecule has 2 aliphatic heterocycles. The van der Waals surface area contributed by atoms with E-state index in [2.05, 4.69) is 17.1 Å². The molecule has 2 aliphatic rings. The summed E-state index contributed by atoms with van der Waals surface area (Å²) in [5, 5.41) is 3.47. The van der Waals surface area contributed by atoms with Gasteiger partial charge in [0.15, 0.2) is 0 Å². The van der Waals surface area contributed by atoms with Crippen molar-refractivity contribution in [3.63, 3.8) is 0 Å². The fraction of sp³-hybridized carbons (Fsp3) is 0.933. The Morgan fingerprint density at radius 3 is 2.95 bits per heavy atom. The zero-order chi connectivity index (χ0) is 13.5. The van der Waals surface area contributed by atoms with Gasteiger partial charge in [-0.15, -0.1) is 0 Å². The molecule has 19 heavy (non-hydrogen) atoms. The van der Waals surface area contributed by atoms with Crippen LogP contribution in [0.4, 0.5) is 0 Å². The van der Waals surface area contributed by atoms with E-state index in [9.17, 15) is 4.79 Å². The zero-order valence-electron chi connectivity index (χ0n) is 12.2. The van der Waals surface area contributed by atoms with Gasteiger partial charge in [-0.25, -0.2) is 0 Å². The van der Waals surface area contributed by atoms with E-state index >= 15 is 0 Å². The monoisotopic (exact) mass is 268 g/mol. The maximum absolute atomic E-state index is 12.3. The van der Waals surface area contributed by atoms with Crippen molar-refractivity contribution in [1.29, 1.82) is 0 Å². The molecule has 110 valence electrons. The highest BCUT2D eigenvalue weighted by Gasteiger charge is 2.34. The summed E-state index contributed by atoms with van der Waals surface area (Å²) in [7, 11) is 0. The molecular formula is C15H28N2O2. The maximum Gasteiger partial charge on any atom is 0.225 e. The van der Waals surface area contributed by atoms with E-state index in [1.165, 1.54) is 25.7 Å². The van der Waals surface area contributed by atoms with Crippen molar-refractivity contribution >= 4 is 5.91 Å². The number of piperidine rings is 1. The third-order valence-corrected chi connectivity index (χ3v) is 4.31. The van der Waals surface area contributed by atoms with E-state index in [-0.39, 0.29) is 0 Å². The molecular weight excluding hydrogens is 240 g/mol. The van der Waals surface area contributed by atoms with Gasteiger partial charge in [0.05, 0.1) is 13.0 Å². The largest absolute Gasteiger partial charge is 0.381 e. The van der Waals surface area contributed by atoms with Crippen molar-refractivity contribution in [2.45, 2.75) is 51.5 Å². The molecule has 2 heterocycles. The van der Waals surface area contributed by atoms with Gasteiger partial charge in [0.2, 0.25) is 5.91 Å². The minimum atomic E-state index is 0.296. The molecule has 0 saturated carbocycles. The SMILES string of the molecule is CCCOCCC(=O)N1CCCC1C1CCCNC1. The minimum absolute atomic E-state index is 0.296. The van der Waals surface area contributed by atoms with Crippen molar-refractivity contribution < 1.29 is 9.53 Å². The summed E-state index contributed by atoms with van der Waals surface area (Å²) < 4.78 is 5.43. The molecule has 0 aromatic heterocycles. The molecule has 0 radical (unpaired) electrons. The van der Waals surface area contributed by atoms with Crippen LogP contribution in [0.15, 0.2) is 0 Å². The average Bonchev–Trinajstić information content (AvgIpc) is 2.94. The van der Waals surface area contributed by atoms with E-state index in [0.717, 1.165) is 32.7 Å². The maximum atomic E-state index is 12.3. The van der Waals surface area contributed by atoms with Gasteiger partial charge in [-0.05, 0) is 51.1 Å². The number of carbonyl (C=O) groups excluding carboxylic acids is 1. The van der Waals surface area contributed by atoms with Crippen LogP contribution in [0, 0.1) is 5.92 Å². The van der Waals surface area contributed by atoms with Crippen molar-refractivity contribution in [3.8, 4) is 0 Å². The summed E-state index contributed by atoms with van der Waals surface area (Å²) in [5.74, 6) is 0.959. The summed E-state index contributed by atoms with van der Waals surface area (Å²) >= 11 is 0. The lowest BCUT2D eigenvalue weighted by molar-refractivity contribution is -0.134. The Morgan fingerprint density at radius 2 is 2.21 bits per heavy atom. The molecule has 0 aromatic rings. The summed E-state index contributed by atoms with van der Waals surface area (Å²) in [5.41, 5.74) is 0. The number of rotatable bonds is 6. The Morgan fingerprint density at radius 1 is 1.32 bits per heavy atom. The van der Waals surface area contributed by atoms with Gasteiger partial charge in [0, 0.05) is 19.2 Å². The van der Waals surface area contributed by atoms with Crippen LogP contribution < -0.4 is 5.32 Å². The molecule has 1 N–H and O–H groups in total. The van der Waals surface area contributed by atoms with Crippen LogP contribution in [0.25, 0.3) is 0 Å². The van der Waals surface area contributed by atoms with Crippen LogP contribution in [0.2, 0.25) is 0 Å². The van der Waals surface area contributed by atoms with E-state index in [4.69, 9.17) is 4.74 Å². The number of carbonyl (C=O) groups is 1. The Bertz CT molecular complexity index is 277. The normalized spacial score (nSPS) is 27.7. The number of nitrogens with zero attached hydrogens (tertiary/aromatic N) is 1. The first-order chi connectivity index (χ1) is 9.33. The lowest BCUT2D eigenvalue weighted by atomic mass is 9.90. The van der Waals surface area contributed by atoms with Crippen LogP contribution in [0.1, 0.15) is 45.4 Å². The van der Waals surface area contributed by atoms with Gasteiger partial charge < -0.3 is 15.0 Å². The zero-order valence-corrected chi connectivity index (χ0v) is 12.2. The number of hydrogen-bond donors (Lipinski definition) is 1. The first kappa shape index (κ1) is 14.8. The number of likely N-dealkylation sites (tertiary alicyclic amines) is 1. The molecule has 1 amide bonds. The molecule has 2 unspecified atom stereocenters. The van der Waals surface area contributed by atoms with Gasteiger partial charge in [0.25, 0.3) is 0 Å². The van der Waals surface area contributed by atoms with Gasteiger partial charge in [-0.2, -0.15) is 0 Å². The Balaban J connectivity index is 1.78. The second-order valence-electron chi connectivity index (χ2n) is 5.77. The Labute approximate surface area is 116 Å². The highest BCUT2D eigenvalue weighted by atomic mass is 16.5. The molecule has 4 heteroatoms. The molecule has 2 atom stereocenters. The molecule has 4 nitrogen and oxygen atoms in total. The van der Waals surface area contributed by atoms with Crippen molar-refractivity contribution in [2.24, 2.45) is 5.92 Å². The second-order valence-corrected chi connectivity index (χ2v) is 5.77. The van der Waals surface area contributed by atoms with E-state index in [1.807, 2.05) is 0 Å². The molecule has 2 fully saturated rings. The quantitative estimate of drug-likeness (QED) is 0.747. The fourth-order valence-corrected chi connectivity index (χ4v) is 3.35. The number of ether oxygens (including phenoxy) is 1. The van der Waals surface area contributed by atoms with Crippen molar-refractivity contribution in [2.75, 3.05) is 32.8 Å². The van der Waals surface area contributed by atoms with Crippen LogP contribution in [0.5, 0.6) is 0 Å². The number of nitrogens with one attached hydrogen (secondary N) is 1. The lowest BCUT2D eigenvalue weighted by Gasteiger charge is -2.34. The Hall–Kier alpha value is -0.610. The van der Waals surface area contributed by atoms with E-state index in [1.54, 1.807) is 0 Å². The third-order valence-electron chi connectivity index (χ3n) is 4.31. The average molecular weight is 268 g/mol. The highest BCUT2D eigenvalue weighted by Crippen LogP contribution is 2.28. The first-order valence-electron chi connectivity index (χ1n) is 7.91. The first-order valence-corrected chi connectivity index (χ1v) is 7.91. The molecule has 2 rings (SSSR count). The van der Waals surface area contributed by atoms with E-state index < -0.39 is 0 Å². The van der Waals surface area contributed by atoms with Crippen LogP contribution in [-0.4, -0.2) is 49.7 Å². The van der Waals surface area contributed by atoms with Gasteiger partial charge >= 0.3 is 0 Å². The van der Waals surface area contributed by atoms with Crippen LogP contribution in [0.3, 0.4) is 0 Å². The second kappa shape index (κ2) is 7.85. The molecule has 0 aromatic carbocycles. The molecule has 0 bridgehead atoms. The van der Waals surface area contributed by atoms with Crippen LogP contribution >= 0.6 is 0 Å². The predicted octanol–water partition coefficient (Wildman–Crippen LogP) is 1.79. The third kappa shape index (κ3) is 4.18. The summed E-state index contributed by atoms with van der Waals surface area (Å²) in [6.07, 6.45) is 6.46. The number of amides is 1. The van der Waals surface area contributed by atoms with Crippen LogP contribution in [-0.2, 0) is 9.53 Å². The fourth-order valence-electron chi connectivity index (χ4n) is 3.35.